The first-order valence-electron chi connectivity index (χ1n) is 6.80. The predicted octanol–water partition coefficient (Wildman–Crippen LogP) is 3.82. The third-order valence-electron chi connectivity index (χ3n) is 2.95. The van der Waals surface area contributed by atoms with E-state index in [0.29, 0.717) is 0 Å². The molecule has 0 aliphatic carbocycles. The molecular weight excluding hydrogens is 252 g/mol. The van der Waals surface area contributed by atoms with Crippen molar-refractivity contribution in [3.8, 4) is 6.07 Å². The molecule has 2 nitrogen and oxygen atoms in total. The van der Waals surface area contributed by atoms with Crippen LogP contribution in [0.4, 0.5) is 0 Å². The van der Waals surface area contributed by atoms with Crippen molar-refractivity contribution in [3.63, 3.8) is 0 Å². The Morgan fingerprint density at radius 2 is 1.89 bits per heavy atom. The van der Waals surface area contributed by atoms with Crippen LogP contribution in [0.1, 0.15) is 37.0 Å². The van der Waals surface area contributed by atoms with E-state index in [9.17, 15) is 5.26 Å². The Kier molecular flexibility index (Phi) is 6.41. The third-order valence-corrected chi connectivity index (χ3v) is 4.27. The molecular formula is C16H24N2S. The van der Waals surface area contributed by atoms with Crippen LogP contribution in [0.3, 0.4) is 0 Å². The van der Waals surface area contributed by atoms with Crippen LogP contribution >= 0.6 is 11.8 Å². The second kappa shape index (κ2) is 7.57. The zero-order valence-electron chi connectivity index (χ0n) is 12.4. The third kappa shape index (κ3) is 5.67. The monoisotopic (exact) mass is 276 g/mol. The van der Waals surface area contributed by atoms with Crippen molar-refractivity contribution in [2.75, 3.05) is 12.3 Å². The molecule has 0 bridgehead atoms. The van der Waals surface area contributed by atoms with Gasteiger partial charge in [-0.2, -0.15) is 17.0 Å². The van der Waals surface area contributed by atoms with Crippen LogP contribution in [-0.2, 0) is 5.75 Å². The number of nitriles is 1. The summed E-state index contributed by atoms with van der Waals surface area (Å²) in [6.45, 7) is 9.26. The Morgan fingerprint density at radius 1 is 1.26 bits per heavy atom. The summed E-state index contributed by atoms with van der Waals surface area (Å²) in [6, 6.07) is 9.03. The van der Waals surface area contributed by atoms with Gasteiger partial charge < -0.3 is 0 Å². The van der Waals surface area contributed by atoms with Crippen molar-refractivity contribution >= 4 is 11.8 Å². The number of rotatable bonds is 7. The van der Waals surface area contributed by atoms with Crippen LogP contribution in [0.2, 0.25) is 0 Å². The Bertz CT molecular complexity index is 430. The molecule has 3 heteroatoms. The van der Waals surface area contributed by atoms with Gasteiger partial charge >= 0.3 is 0 Å². The molecule has 1 N–H and O–H groups in total. The average molecular weight is 276 g/mol. The van der Waals surface area contributed by atoms with Crippen molar-refractivity contribution in [2.45, 2.75) is 45.4 Å². The summed E-state index contributed by atoms with van der Waals surface area (Å²) >= 11 is 1.82. The highest BCUT2D eigenvalue weighted by Crippen LogP contribution is 2.19. The molecule has 0 amide bonds. The van der Waals surface area contributed by atoms with Gasteiger partial charge in [0.1, 0.15) is 5.54 Å². The van der Waals surface area contributed by atoms with Gasteiger partial charge in [-0.15, -0.1) is 0 Å². The Balaban J connectivity index is 2.50. The van der Waals surface area contributed by atoms with Crippen LogP contribution in [0, 0.1) is 25.2 Å². The molecule has 0 saturated carbocycles. The molecule has 0 spiro atoms. The summed E-state index contributed by atoms with van der Waals surface area (Å²) < 4.78 is 0. The molecule has 0 aromatic heterocycles. The molecule has 1 atom stereocenters. The SMILES string of the molecule is CCCNC(C)(C#N)CSCc1cc(C)cc(C)c1. The van der Waals surface area contributed by atoms with E-state index in [2.05, 4.69) is 50.4 Å². The first-order valence-corrected chi connectivity index (χ1v) is 7.96. The van der Waals surface area contributed by atoms with Crippen LogP contribution in [0.5, 0.6) is 0 Å². The highest BCUT2D eigenvalue weighted by Gasteiger charge is 2.22. The smallest absolute Gasteiger partial charge is 0.113 e. The van der Waals surface area contributed by atoms with E-state index in [1.807, 2.05) is 18.7 Å². The lowest BCUT2D eigenvalue weighted by atomic mass is 10.1. The van der Waals surface area contributed by atoms with Crippen molar-refractivity contribution in [2.24, 2.45) is 0 Å². The van der Waals surface area contributed by atoms with E-state index in [1.54, 1.807) is 0 Å². The second-order valence-electron chi connectivity index (χ2n) is 5.36. The molecule has 0 saturated heterocycles. The number of thioether (sulfide) groups is 1. The first-order chi connectivity index (χ1) is 8.99. The summed E-state index contributed by atoms with van der Waals surface area (Å²) in [5.41, 5.74) is 3.54. The minimum atomic E-state index is -0.417. The van der Waals surface area contributed by atoms with E-state index >= 15 is 0 Å². The molecule has 19 heavy (non-hydrogen) atoms. The summed E-state index contributed by atoms with van der Waals surface area (Å²) in [4.78, 5) is 0. The Morgan fingerprint density at radius 3 is 2.42 bits per heavy atom. The van der Waals surface area contributed by atoms with Crippen molar-refractivity contribution in [1.29, 1.82) is 5.26 Å². The molecule has 0 fully saturated rings. The standard InChI is InChI=1S/C16H24N2S/c1-5-6-18-16(4,11-17)12-19-10-15-8-13(2)7-14(3)9-15/h7-9,18H,5-6,10,12H2,1-4H3. The van der Waals surface area contributed by atoms with E-state index in [4.69, 9.17) is 0 Å². The van der Waals surface area contributed by atoms with Crippen LogP contribution < -0.4 is 5.32 Å². The molecule has 0 aliphatic rings. The maximum Gasteiger partial charge on any atom is 0.113 e. The lowest BCUT2D eigenvalue weighted by Crippen LogP contribution is -2.43. The fraction of sp³-hybridized carbons (Fsp3) is 0.562. The number of nitrogens with zero attached hydrogens (tertiary/aromatic N) is 1. The van der Waals surface area contributed by atoms with Crippen LogP contribution in [0.15, 0.2) is 18.2 Å². The highest BCUT2D eigenvalue weighted by molar-refractivity contribution is 7.98. The molecule has 0 radical (unpaired) electrons. The maximum atomic E-state index is 9.27. The molecule has 1 aromatic rings. The fourth-order valence-electron chi connectivity index (χ4n) is 2.05. The largest absolute Gasteiger partial charge is 0.299 e. The van der Waals surface area contributed by atoms with E-state index in [-0.39, 0.29) is 0 Å². The summed E-state index contributed by atoms with van der Waals surface area (Å²) in [6.07, 6.45) is 1.05. The highest BCUT2D eigenvalue weighted by atomic mass is 32.2. The van der Waals surface area contributed by atoms with Gasteiger partial charge in [0, 0.05) is 11.5 Å². The normalized spacial score (nSPS) is 13.8. The van der Waals surface area contributed by atoms with Gasteiger partial charge in [0.15, 0.2) is 0 Å². The van der Waals surface area contributed by atoms with Gasteiger partial charge in [0.2, 0.25) is 0 Å². The molecule has 1 unspecified atom stereocenters. The van der Waals surface area contributed by atoms with Gasteiger partial charge in [0.25, 0.3) is 0 Å². The van der Waals surface area contributed by atoms with Gasteiger partial charge in [-0.05, 0) is 39.3 Å². The Labute approximate surface area is 121 Å². The second-order valence-corrected chi connectivity index (χ2v) is 6.35. The van der Waals surface area contributed by atoms with Gasteiger partial charge in [0.05, 0.1) is 6.07 Å². The van der Waals surface area contributed by atoms with E-state index in [1.165, 1.54) is 16.7 Å². The predicted molar refractivity (Wildman–Crippen MR) is 84.4 cm³/mol. The van der Waals surface area contributed by atoms with Crippen molar-refractivity contribution in [3.05, 3.63) is 34.9 Å². The van der Waals surface area contributed by atoms with Gasteiger partial charge in [-0.1, -0.05) is 36.2 Å². The fourth-order valence-corrected chi connectivity index (χ4v) is 3.13. The van der Waals surface area contributed by atoms with Gasteiger partial charge in [-0.3, -0.25) is 5.32 Å². The van der Waals surface area contributed by atoms with Crippen molar-refractivity contribution < 1.29 is 0 Å². The quantitative estimate of drug-likeness (QED) is 0.822. The zero-order valence-corrected chi connectivity index (χ0v) is 13.2. The number of hydrogen-bond donors (Lipinski definition) is 1. The molecule has 0 heterocycles. The topological polar surface area (TPSA) is 35.8 Å². The molecule has 0 aliphatic heterocycles. The number of nitrogens with one attached hydrogen (secondary N) is 1. The molecule has 1 rings (SSSR count). The van der Waals surface area contributed by atoms with E-state index < -0.39 is 5.54 Å². The van der Waals surface area contributed by atoms with E-state index in [0.717, 1.165) is 24.5 Å². The number of aryl methyl sites for hydroxylation is 2. The summed E-state index contributed by atoms with van der Waals surface area (Å²) in [7, 11) is 0. The van der Waals surface area contributed by atoms with Crippen LogP contribution in [0.25, 0.3) is 0 Å². The van der Waals surface area contributed by atoms with Crippen molar-refractivity contribution in [1.82, 2.24) is 5.32 Å². The van der Waals surface area contributed by atoms with Gasteiger partial charge in [-0.25, -0.2) is 0 Å². The molecule has 1 aromatic carbocycles. The first kappa shape index (κ1) is 16.1. The summed E-state index contributed by atoms with van der Waals surface area (Å²) in [5.74, 6) is 1.78. The minimum absolute atomic E-state index is 0.417. The number of benzene rings is 1. The molecule has 104 valence electrons. The summed E-state index contributed by atoms with van der Waals surface area (Å²) in [5, 5.41) is 12.6. The zero-order chi connectivity index (χ0) is 14.3. The Hall–Kier alpha value is -0.980. The lowest BCUT2D eigenvalue weighted by molar-refractivity contribution is 0.493. The van der Waals surface area contributed by atoms with Crippen LogP contribution in [-0.4, -0.2) is 17.8 Å². The minimum Gasteiger partial charge on any atom is -0.299 e. The maximum absolute atomic E-state index is 9.27. The lowest BCUT2D eigenvalue weighted by Gasteiger charge is -2.22. The average Bonchev–Trinajstić information content (AvgIpc) is 2.35. The number of hydrogen-bond acceptors (Lipinski definition) is 3.